The topological polar surface area (TPSA) is 47.6 Å². The highest BCUT2D eigenvalue weighted by molar-refractivity contribution is 6.30. The Morgan fingerprint density at radius 3 is 2.52 bits per heavy atom. The van der Waals surface area contributed by atoms with Crippen LogP contribution in [0.25, 0.3) is 0 Å². The van der Waals surface area contributed by atoms with Crippen LogP contribution in [0.5, 0.6) is 11.5 Å². The quantitative estimate of drug-likeness (QED) is 0.675. The molecule has 0 heterocycles. The fourth-order valence-corrected chi connectivity index (χ4v) is 3.38. The van der Waals surface area contributed by atoms with Crippen molar-refractivity contribution in [3.63, 3.8) is 0 Å². The van der Waals surface area contributed by atoms with E-state index in [1.54, 1.807) is 24.3 Å². The van der Waals surface area contributed by atoms with Crippen molar-refractivity contribution in [3.8, 4) is 11.5 Å². The van der Waals surface area contributed by atoms with Gasteiger partial charge < -0.3 is 14.8 Å². The highest BCUT2D eigenvalue weighted by atomic mass is 35.5. The number of benzene rings is 2. The van der Waals surface area contributed by atoms with Gasteiger partial charge in [-0.1, -0.05) is 24.6 Å². The van der Waals surface area contributed by atoms with Gasteiger partial charge >= 0.3 is 0 Å². The van der Waals surface area contributed by atoms with Gasteiger partial charge in [0.2, 0.25) is 0 Å². The average Bonchev–Trinajstić information content (AvgIpc) is 2.70. The van der Waals surface area contributed by atoms with Crippen molar-refractivity contribution in [1.29, 1.82) is 0 Å². The molecule has 144 valence electrons. The van der Waals surface area contributed by atoms with Gasteiger partial charge in [0.05, 0.1) is 6.54 Å². The molecule has 1 N–H and O–H groups in total. The van der Waals surface area contributed by atoms with Crippen LogP contribution in [0.15, 0.2) is 42.5 Å². The van der Waals surface area contributed by atoms with Crippen LogP contribution < -0.4 is 14.8 Å². The summed E-state index contributed by atoms with van der Waals surface area (Å²) in [5, 5.41) is 3.55. The molecule has 0 bridgehead atoms. The highest BCUT2D eigenvalue weighted by Crippen LogP contribution is 2.26. The summed E-state index contributed by atoms with van der Waals surface area (Å²) in [6.07, 6.45) is 4.83. The SMILES string of the molecule is CC[C@H](Oc1ccc2c(c1)CCCC2)C(=O)NCCOc1ccc(Cl)cc1. The van der Waals surface area contributed by atoms with E-state index in [9.17, 15) is 4.79 Å². The number of aryl methyl sites for hydroxylation is 2. The van der Waals surface area contributed by atoms with E-state index in [0.717, 1.165) is 24.3 Å². The van der Waals surface area contributed by atoms with Crippen molar-refractivity contribution in [3.05, 3.63) is 58.6 Å². The Morgan fingerprint density at radius 2 is 1.78 bits per heavy atom. The maximum atomic E-state index is 12.4. The van der Waals surface area contributed by atoms with E-state index in [1.165, 1.54) is 24.0 Å². The van der Waals surface area contributed by atoms with Gasteiger partial charge in [-0.25, -0.2) is 0 Å². The van der Waals surface area contributed by atoms with Gasteiger partial charge in [0.25, 0.3) is 5.91 Å². The zero-order valence-corrected chi connectivity index (χ0v) is 16.4. The normalized spacial score (nSPS) is 14.1. The molecule has 27 heavy (non-hydrogen) atoms. The molecule has 4 nitrogen and oxygen atoms in total. The minimum absolute atomic E-state index is 0.116. The lowest BCUT2D eigenvalue weighted by molar-refractivity contribution is -0.128. The van der Waals surface area contributed by atoms with Crippen molar-refractivity contribution in [2.24, 2.45) is 0 Å². The summed E-state index contributed by atoms with van der Waals surface area (Å²) in [5.74, 6) is 1.39. The number of nitrogens with one attached hydrogen (secondary N) is 1. The third-order valence-corrected chi connectivity index (χ3v) is 5.00. The molecule has 0 fully saturated rings. The predicted molar refractivity (Wildman–Crippen MR) is 108 cm³/mol. The van der Waals surface area contributed by atoms with Crippen LogP contribution in [-0.4, -0.2) is 25.2 Å². The van der Waals surface area contributed by atoms with Gasteiger partial charge in [0, 0.05) is 5.02 Å². The minimum Gasteiger partial charge on any atom is -0.492 e. The third-order valence-electron chi connectivity index (χ3n) is 4.75. The van der Waals surface area contributed by atoms with E-state index < -0.39 is 6.10 Å². The first-order valence-corrected chi connectivity index (χ1v) is 9.98. The van der Waals surface area contributed by atoms with Gasteiger partial charge in [0.15, 0.2) is 6.10 Å². The lowest BCUT2D eigenvalue weighted by Gasteiger charge is -2.20. The Morgan fingerprint density at radius 1 is 1.07 bits per heavy atom. The smallest absolute Gasteiger partial charge is 0.261 e. The summed E-state index contributed by atoms with van der Waals surface area (Å²) in [5.41, 5.74) is 2.76. The van der Waals surface area contributed by atoms with Crippen LogP contribution in [0.3, 0.4) is 0 Å². The predicted octanol–water partition coefficient (Wildman–Crippen LogP) is 4.57. The molecule has 1 atom stereocenters. The largest absolute Gasteiger partial charge is 0.492 e. The van der Waals surface area contributed by atoms with E-state index in [4.69, 9.17) is 21.1 Å². The standard InChI is InChI=1S/C22H26ClNO3/c1-2-21(27-20-10-7-16-5-3-4-6-17(16)15-20)22(25)24-13-14-26-19-11-8-18(23)9-12-19/h7-12,15,21H,2-6,13-14H2,1H3,(H,24,25)/t21-/m0/s1. The second-order valence-electron chi connectivity index (χ2n) is 6.75. The van der Waals surface area contributed by atoms with Crippen molar-refractivity contribution < 1.29 is 14.3 Å². The molecule has 0 spiro atoms. The number of hydrogen-bond acceptors (Lipinski definition) is 3. The van der Waals surface area contributed by atoms with Crippen LogP contribution in [0.1, 0.15) is 37.3 Å². The summed E-state index contributed by atoms with van der Waals surface area (Å²) in [4.78, 5) is 12.4. The first kappa shape index (κ1) is 19.6. The average molecular weight is 388 g/mol. The molecule has 1 amide bonds. The highest BCUT2D eigenvalue weighted by Gasteiger charge is 2.19. The maximum Gasteiger partial charge on any atom is 0.261 e. The second kappa shape index (κ2) is 9.65. The molecule has 2 aromatic carbocycles. The molecule has 3 rings (SSSR count). The lowest BCUT2D eigenvalue weighted by atomic mass is 9.92. The fourth-order valence-electron chi connectivity index (χ4n) is 3.26. The molecular weight excluding hydrogens is 362 g/mol. The number of fused-ring (bicyclic) bond motifs is 1. The molecule has 2 aromatic rings. The van der Waals surface area contributed by atoms with E-state index >= 15 is 0 Å². The number of rotatable bonds is 8. The molecule has 1 aliphatic carbocycles. The van der Waals surface area contributed by atoms with Gasteiger partial charge in [0.1, 0.15) is 18.1 Å². The molecular formula is C22H26ClNO3. The molecule has 5 heteroatoms. The number of hydrogen-bond donors (Lipinski definition) is 1. The monoisotopic (exact) mass is 387 g/mol. The van der Waals surface area contributed by atoms with Gasteiger partial charge in [-0.2, -0.15) is 0 Å². The van der Waals surface area contributed by atoms with E-state index in [1.807, 2.05) is 13.0 Å². The summed E-state index contributed by atoms with van der Waals surface area (Å²) in [6.45, 7) is 2.76. The van der Waals surface area contributed by atoms with E-state index in [0.29, 0.717) is 24.6 Å². The maximum absolute atomic E-state index is 12.4. The van der Waals surface area contributed by atoms with Crippen molar-refractivity contribution >= 4 is 17.5 Å². The molecule has 0 aliphatic heterocycles. The number of carbonyl (C=O) groups is 1. The molecule has 0 radical (unpaired) electrons. The first-order chi connectivity index (χ1) is 13.2. The Labute approximate surface area is 165 Å². The van der Waals surface area contributed by atoms with E-state index in [-0.39, 0.29) is 5.91 Å². The number of halogens is 1. The second-order valence-corrected chi connectivity index (χ2v) is 7.18. The Kier molecular flexibility index (Phi) is 6.99. The zero-order valence-electron chi connectivity index (χ0n) is 15.7. The van der Waals surface area contributed by atoms with Crippen LogP contribution in [0.2, 0.25) is 5.02 Å². The summed E-state index contributed by atoms with van der Waals surface area (Å²) >= 11 is 5.84. The molecule has 0 aromatic heterocycles. The molecule has 0 saturated carbocycles. The van der Waals surface area contributed by atoms with Gasteiger partial charge in [-0.05, 0) is 79.6 Å². The third kappa shape index (κ3) is 5.64. The minimum atomic E-state index is -0.498. The summed E-state index contributed by atoms with van der Waals surface area (Å²) in [7, 11) is 0. The molecule has 1 aliphatic rings. The number of carbonyl (C=O) groups excluding carboxylic acids is 1. The van der Waals surface area contributed by atoms with Gasteiger partial charge in [-0.3, -0.25) is 4.79 Å². The zero-order chi connectivity index (χ0) is 19.1. The van der Waals surface area contributed by atoms with Gasteiger partial charge in [-0.15, -0.1) is 0 Å². The van der Waals surface area contributed by atoms with Crippen LogP contribution in [0, 0.1) is 0 Å². The molecule has 0 unspecified atom stereocenters. The Bertz CT molecular complexity index is 761. The number of amides is 1. The van der Waals surface area contributed by atoms with Crippen LogP contribution in [-0.2, 0) is 17.6 Å². The van der Waals surface area contributed by atoms with Crippen LogP contribution >= 0.6 is 11.6 Å². The van der Waals surface area contributed by atoms with Crippen molar-refractivity contribution in [1.82, 2.24) is 5.32 Å². The van der Waals surface area contributed by atoms with E-state index in [2.05, 4.69) is 17.4 Å². The first-order valence-electron chi connectivity index (χ1n) is 9.60. The Balaban J connectivity index is 1.46. The van der Waals surface area contributed by atoms with Crippen molar-refractivity contribution in [2.45, 2.75) is 45.1 Å². The van der Waals surface area contributed by atoms with Crippen molar-refractivity contribution in [2.75, 3.05) is 13.2 Å². The summed E-state index contributed by atoms with van der Waals surface area (Å²) in [6, 6.07) is 13.4. The number of ether oxygens (including phenoxy) is 2. The summed E-state index contributed by atoms with van der Waals surface area (Å²) < 4.78 is 11.5. The fraction of sp³-hybridized carbons (Fsp3) is 0.409. The molecule has 0 saturated heterocycles. The Hall–Kier alpha value is -2.20. The lowest BCUT2D eigenvalue weighted by Crippen LogP contribution is -2.39. The van der Waals surface area contributed by atoms with Crippen LogP contribution in [0.4, 0.5) is 0 Å².